The van der Waals surface area contributed by atoms with Crippen molar-refractivity contribution >= 4 is 13.1 Å². The first-order valence-electron chi connectivity index (χ1n) is 4.98. The van der Waals surface area contributed by atoms with Gasteiger partial charge in [0.1, 0.15) is 0 Å². The van der Waals surface area contributed by atoms with E-state index in [1.165, 1.54) is 27.0 Å². The monoisotopic (exact) mass is 411 g/mol. The summed E-state index contributed by atoms with van der Waals surface area (Å²) in [5, 5.41) is 7.07. The molecule has 0 aromatic rings. The Hall–Kier alpha value is -1.12. The number of rotatable bonds is 1. The Morgan fingerprint density at radius 1 is 0.941 bits per heavy atom. The van der Waals surface area contributed by atoms with Gasteiger partial charge in [-0.2, -0.15) is 0 Å². The summed E-state index contributed by atoms with van der Waals surface area (Å²) in [7, 11) is -6.99. The third-order valence-electron chi connectivity index (χ3n) is 3.81. The minimum atomic E-state index is -6.99. The van der Waals surface area contributed by atoms with Crippen molar-refractivity contribution in [1.29, 1.82) is 0 Å². The number of hydrogen-bond donors (Lipinski definition) is 0. The zero-order valence-electron chi connectivity index (χ0n) is 11.0. The predicted molar refractivity (Wildman–Crippen MR) is 68.2 cm³/mol. The van der Waals surface area contributed by atoms with E-state index in [0.29, 0.717) is 10.5 Å². The van der Waals surface area contributed by atoms with E-state index < -0.39 is 8.06 Å². The average Bonchev–Trinajstić information content (AvgIpc) is 2.75. The van der Waals surface area contributed by atoms with Gasteiger partial charge in [-0.05, 0) is 0 Å². The molecule has 1 rings (SSSR count). The van der Waals surface area contributed by atoms with Crippen molar-refractivity contribution in [2.24, 2.45) is 0 Å². The van der Waals surface area contributed by atoms with Crippen molar-refractivity contribution in [2.45, 2.75) is 33.4 Å². The molecule has 0 saturated heterocycles. The number of allylic oxidation sites excluding steroid dienone is 4. The Morgan fingerprint density at radius 3 is 1.59 bits per heavy atom. The molecule has 97 valence electrons. The third-order valence-corrected chi connectivity index (χ3v) is 27.0. The van der Waals surface area contributed by atoms with Gasteiger partial charge in [0.2, 0.25) is 0 Å². The molecule has 0 N–H and O–H groups in total. The molecular weight excluding hydrogens is 390 g/mol. The summed E-state index contributed by atoms with van der Waals surface area (Å²) in [6.07, 6.45) is 5.54. The summed E-state index contributed by atoms with van der Waals surface area (Å²) in [6.45, 7) is 0. The Kier molecular flexibility index (Phi) is 1.17. The van der Waals surface area contributed by atoms with Gasteiger partial charge in [-0.15, -0.1) is 0 Å². The number of hydrogen-bond acceptors (Lipinski definition) is 3. The van der Waals surface area contributed by atoms with Crippen LogP contribution in [0.4, 0.5) is 0 Å². The molecule has 1 aliphatic rings. The molecule has 0 aliphatic heterocycles. The van der Waals surface area contributed by atoms with Crippen LogP contribution < -0.4 is 0 Å². The van der Waals surface area contributed by atoms with Crippen LogP contribution in [0.1, 0.15) is 6.42 Å². The van der Waals surface area contributed by atoms with Crippen molar-refractivity contribution in [3.8, 4) is 0 Å². The Balaban J connectivity index is 5.17. The molecule has 0 saturated carbocycles. The van der Waals surface area contributed by atoms with Gasteiger partial charge in [0.15, 0.2) is 0 Å². The summed E-state index contributed by atoms with van der Waals surface area (Å²) in [5.41, 5.74) is 0. The molecule has 0 radical (unpaired) electrons. The van der Waals surface area contributed by atoms with Crippen molar-refractivity contribution in [2.75, 3.05) is 0 Å². The molecule has 17 heavy (non-hydrogen) atoms. The molecule has 3 nitrogen and oxygen atoms in total. The van der Waals surface area contributed by atoms with E-state index in [1.54, 1.807) is 18.2 Å². The van der Waals surface area contributed by atoms with Crippen molar-refractivity contribution < 1.29 is 22.4 Å². The van der Waals surface area contributed by atoms with E-state index in [2.05, 4.69) is 0 Å². The van der Waals surface area contributed by atoms with E-state index in [-0.39, 0.29) is 0 Å². The molecule has 0 spiro atoms. The molecule has 0 bridgehead atoms. The van der Waals surface area contributed by atoms with Gasteiger partial charge in [0.25, 0.3) is 0 Å². The van der Waals surface area contributed by atoms with Gasteiger partial charge in [-0.1, -0.05) is 0 Å². The zero-order valence-corrected chi connectivity index (χ0v) is 13.8. The van der Waals surface area contributed by atoms with Crippen molar-refractivity contribution in [3.63, 3.8) is 0 Å². The average molecular weight is 411 g/mol. The molecule has 0 aromatic heterocycles. The van der Waals surface area contributed by atoms with Crippen LogP contribution in [-0.2, 0) is 22.4 Å². The molecule has 1 aliphatic carbocycles. The predicted octanol–water partition coefficient (Wildman–Crippen LogP) is 3.10. The molecule has 0 fully saturated rings. The van der Waals surface area contributed by atoms with Crippen molar-refractivity contribution in [3.05, 3.63) is 22.3 Å². The van der Waals surface area contributed by atoms with Crippen LogP contribution >= 0.6 is 0 Å². The van der Waals surface area contributed by atoms with E-state index in [4.69, 9.17) is 0 Å². The summed E-state index contributed by atoms with van der Waals surface area (Å²) >= 11 is 0. The first-order chi connectivity index (χ1) is 7.00. The zero-order chi connectivity index (χ0) is 13.9. The standard InChI is InChI=1S/C5H5.3CO.5CH3.Re/c1-2-4-5-3-1;3*1-2;;;;;;/h1-3H,4H2;;;;5*1H3;. The van der Waals surface area contributed by atoms with Crippen LogP contribution in [0.25, 0.3) is 0 Å². The van der Waals surface area contributed by atoms with Gasteiger partial charge >= 0.3 is 91.2 Å². The fraction of sp³-hybridized carbons (Fsp3) is 0.462. The molecule has 4 heteroatoms. The van der Waals surface area contributed by atoms with Gasteiger partial charge in [-0.25, -0.2) is 0 Å². The quantitative estimate of drug-likeness (QED) is 0.668. The van der Waals surface area contributed by atoms with Crippen molar-refractivity contribution in [1.82, 2.24) is 0 Å². The summed E-state index contributed by atoms with van der Waals surface area (Å²) < 4.78 is 6.13. The molecule has 0 amide bonds. The normalized spacial score (nSPS) is 27.4. The fourth-order valence-corrected chi connectivity index (χ4v) is 10.1. The second-order valence-corrected chi connectivity index (χ2v) is 71.4. The fourth-order valence-electron chi connectivity index (χ4n) is 1.53. The molecule has 0 aromatic carbocycles. The van der Waals surface area contributed by atoms with Gasteiger partial charge in [0.05, 0.1) is 0 Å². The second-order valence-electron chi connectivity index (χ2n) is 9.60. The summed E-state index contributed by atoms with van der Waals surface area (Å²) in [4.78, 5) is 36.1. The summed E-state index contributed by atoms with van der Waals surface area (Å²) in [6, 6.07) is 0. The van der Waals surface area contributed by atoms with Crippen LogP contribution in [0.15, 0.2) is 22.3 Å². The Labute approximate surface area is 91.2 Å². The van der Waals surface area contributed by atoms with E-state index in [0.717, 1.165) is 0 Å². The first kappa shape index (κ1) is 13.9. The SMILES string of the molecule is [CH3][Re]([CH3])([CH3])([CH3])([CH3])(=[C]=O)(=[C]=O)(=[C]=O)[C]1=CC=CC1. The topological polar surface area (TPSA) is 51.2 Å². The van der Waals surface area contributed by atoms with Crippen LogP contribution in [-0.4, -0.2) is 13.1 Å². The van der Waals surface area contributed by atoms with Crippen LogP contribution in [0.5, 0.6) is 0 Å². The van der Waals surface area contributed by atoms with Gasteiger partial charge in [-0.3, -0.25) is 0 Å². The molecule has 0 heterocycles. The van der Waals surface area contributed by atoms with E-state index >= 15 is 0 Å². The molecule has 0 unspecified atom stereocenters. The minimum absolute atomic E-state index is 0.363. The van der Waals surface area contributed by atoms with E-state index in [9.17, 15) is 14.4 Å². The Bertz CT molecular complexity index is 952. The molecular formula is C13H20O3Re. The van der Waals surface area contributed by atoms with Crippen LogP contribution in [0.2, 0.25) is 27.0 Å². The Morgan fingerprint density at radius 2 is 1.35 bits per heavy atom. The van der Waals surface area contributed by atoms with Gasteiger partial charge in [0, 0.05) is 0 Å². The third kappa shape index (κ3) is 1.17. The first-order valence-corrected chi connectivity index (χ1v) is 24.0. The maximum atomic E-state index is 12.0. The number of carbonyl (C=O) groups excluding carboxylic acids is 3. The van der Waals surface area contributed by atoms with E-state index in [1.807, 2.05) is 13.1 Å². The maximum absolute atomic E-state index is 12.0. The van der Waals surface area contributed by atoms with Gasteiger partial charge < -0.3 is 0 Å². The summed E-state index contributed by atoms with van der Waals surface area (Å²) in [5.74, 6) is 0. The van der Waals surface area contributed by atoms with Crippen LogP contribution in [0.3, 0.4) is 0 Å². The molecule has 0 atom stereocenters. The van der Waals surface area contributed by atoms with Crippen LogP contribution in [0, 0.1) is 0 Å². The second kappa shape index (κ2) is 1.42.